The molecule has 0 atom stereocenters. The molecule has 0 amide bonds. The van der Waals surface area contributed by atoms with E-state index in [1.807, 2.05) is 0 Å². The van der Waals surface area contributed by atoms with Gasteiger partial charge in [0.15, 0.2) is 11.6 Å². The molecule has 0 aliphatic heterocycles. The van der Waals surface area contributed by atoms with Crippen LogP contribution in [0.15, 0.2) is 23.7 Å². The number of ketones is 2. The minimum Gasteiger partial charge on any atom is -0.876 e. The molecule has 0 aliphatic carbocycles. The van der Waals surface area contributed by atoms with E-state index in [2.05, 4.69) is 0 Å². The second-order valence-corrected chi connectivity index (χ2v) is 2.73. The first-order chi connectivity index (χ1) is 6.25. The van der Waals surface area contributed by atoms with Crippen LogP contribution in [0.2, 0.25) is 0 Å². The summed E-state index contributed by atoms with van der Waals surface area (Å²) in [5.41, 5.74) is 0. The van der Waals surface area contributed by atoms with Gasteiger partial charge < -0.3 is 21.2 Å². The Morgan fingerprint density at radius 1 is 0.765 bits per heavy atom. The summed E-state index contributed by atoms with van der Waals surface area (Å²) < 4.78 is 0. The Morgan fingerprint density at radius 3 is 0.941 bits per heavy atom. The SMILES string of the molecule is CC(=O)/C=C(\C)[O-].CC(=O)/C=C(\C)[O-].O.O.[Mo+2]. The quantitative estimate of drug-likeness (QED) is 0.328. The van der Waals surface area contributed by atoms with E-state index in [0.717, 1.165) is 12.2 Å². The summed E-state index contributed by atoms with van der Waals surface area (Å²) in [6.45, 7) is 5.39. The van der Waals surface area contributed by atoms with Gasteiger partial charge in [-0.1, -0.05) is 13.8 Å². The van der Waals surface area contributed by atoms with E-state index < -0.39 is 0 Å². The van der Waals surface area contributed by atoms with Crippen molar-refractivity contribution in [3.63, 3.8) is 0 Å². The zero-order valence-electron chi connectivity index (χ0n) is 10.2. The van der Waals surface area contributed by atoms with Crippen molar-refractivity contribution < 1.29 is 51.8 Å². The monoisotopic (exact) mass is 332 g/mol. The minimum atomic E-state index is -0.187. The van der Waals surface area contributed by atoms with E-state index in [9.17, 15) is 19.8 Å². The van der Waals surface area contributed by atoms with Gasteiger partial charge in [0.25, 0.3) is 0 Å². The molecule has 7 heteroatoms. The fourth-order valence-corrected chi connectivity index (χ4v) is 0.572. The normalized spacial score (nSPS) is 9.41. The molecule has 0 aromatic heterocycles. The Kier molecular flexibility index (Phi) is 30.5. The second kappa shape index (κ2) is 17.4. The van der Waals surface area contributed by atoms with Crippen LogP contribution in [0, 0.1) is 0 Å². The van der Waals surface area contributed by atoms with Gasteiger partial charge in [-0.3, -0.25) is 9.59 Å². The van der Waals surface area contributed by atoms with E-state index in [4.69, 9.17) is 0 Å². The molecule has 0 saturated heterocycles. The van der Waals surface area contributed by atoms with Crippen molar-refractivity contribution in [2.75, 3.05) is 0 Å². The first-order valence-corrected chi connectivity index (χ1v) is 3.97. The van der Waals surface area contributed by atoms with Crippen LogP contribution in [0.25, 0.3) is 0 Å². The fourth-order valence-electron chi connectivity index (χ4n) is 0.572. The molecule has 0 saturated carbocycles. The van der Waals surface area contributed by atoms with Crippen LogP contribution >= 0.6 is 0 Å². The van der Waals surface area contributed by atoms with Crippen LogP contribution in [0.5, 0.6) is 0 Å². The summed E-state index contributed by atoms with van der Waals surface area (Å²) >= 11 is 0. The van der Waals surface area contributed by atoms with Crippen LogP contribution < -0.4 is 10.2 Å². The molecule has 0 heterocycles. The Morgan fingerprint density at radius 2 is 0.941 bits per heavy atom. The van der Waals surface area contributed by atoms with Crippen molar-refractivity contribution in [1.29, 1.82) is 0 Å². The van der Waals surface area contributed by atoms with Crippen LogP contribution in [0.1, 0.15) is 27.7 Å². The maximum atomic E-state index is 9.98. The summed E-state index contributed by atoms with van der Waals surface area (Å²) in [4.78, 5) is 20.0. The zero-order valence-corrected chi connectivity index (χ0v) is 12.2. The van der Waals surface area contributed by atoms with Crippen molar-refractivity contribution in [2.24, 2.45) is 0 Å². The molecule has 6 nitrogen and oxygen atoms in total. The van der Waals surface area contributed by atoms with Crippen LogP contribution in [-0.4, -0.2) is 22.5 Å². The number of hydrogen-bond acceptors (Lipinski definition) is 4. The molecule has 0 radical (unpaired) electrons. The van der Waals surface area contributed by atoms with Crippen LogP contribution in [0.3, 0.4) is 0 Å². The molecular weight excluding hydrogens is 312 g/mol. The summed E-state index contributed by atoms with van der Waals surface area (Å²) in [5, 5.41) is 20.0. The molecule has 0 aromatic rings. The smallest absolute Gasteiger partial charge is 0.876 e. The first kappa shape index (κ1) is 29.8. The maximum absolute atomic E-state index is 9.98. The standard InChI is InChI=1S/2C5H8O2.Mo.2H2O/c2*1-4(6)3-5(2)7;;;/h2*3,6H,1-2H3;;2*1H2/q;;+2;;/p-2/b2*4-3+;;;. The third kappa shape index (κ3) is 51.6. The third-order valence-electron chi connectivity index (χ3n) is 0.813. The number of carbonyl (C=O) groups is 2. The Hall–Kier alpha value is -0.972. The topological polar surface area (TPSA) is 143 Å². The summed E-state index contributed by atoms with van der Waals surface area (Å²) in [7, 11) is 0. The van der Waals surface area contributed by atoms with E-state index in [1.54, 1.807) is 0 Å². The number of allylic oxidation sites excluding steroid dienone is 4. The van der Waals surface area contributed by atoms with Gasteiger partial charge in [-0.05, 0) is 26.0 Å². The molecule has 0 aliphatic rings. The predicted octanol–water partition coefficient (Wildman–Crippen LogP) is -1.97. The maximum Gasteiger partial charge on any atom is 2.00 e. The first-order valence-electron chi connectivity index (χ1n) is 3.97. The predicted molar refractivity (Wildman–Crippen MR) is 56.1 cm³/mol. The number of hydrogen-bond donors (Lipinski definition) is 0. The molecule has 0 unspecified atom stereocenters. The van der Waals surface area contributed by atoms with Gasteiger partial charge in [0, 0.05) is 0 Å². The van der Waals surface area contributed by atoms with Crippen molar-refractivity contribution in [3.8, 4) is 0 Å². The molecule has 0 fully saturated rings. The average molecular weight is 330 g/mol. The number of carbonyl (C=O) groups excluding carboxylic acids is 2. The van der Waals surface area contributed by atoms with Crippen molar-refractivity contribution in [2.45, 2.75) is 27.7 Å². The fraction of sp³-hybridized carbons (Fsp3) is 0.400. The van der Waals surface area contributed by atoms with Gasteiger partial charge in [-0.25, -0.2) is 0 Å². The molecule has 0 spiro atoms. The zero-order chi connectivity index (χ0) is 11.7. The average Bonchev–Trinajstić information content (AvgIpc) is 1.79. The van der Waals surface area contributed by atoms with Crippen LogP contribution in [-0.2, 0) is 30.7 Å². The molecule has 0 rings (SSSR count). The van der Waals surface area contributed by atoms with E-state index in [-0.39, 0.29) is 55.1 Å². The second-order valence-electron chi connectivity index (χ2n) is 2.73. The van der Waals surface area contributed by atoms with Gasteiger partial charge in [-0.15, -0.1) is 11.5 Å². The van der Waals surface area contributed by atoms with E-state index in [1.165, 1.54) is 27.7 Å². The molecule has 0 aromatic carbocycles. The Labute approximate surface area is 115 Å². The van der Waals surface area contributed by atoms with Crippen molar-refractivity contribution >= 4 is 11.6 Å². The van der Waals surface area contributed by atoms with Gasteiger partial charge in [-0.2, -0.15) is 0 Å². The van der Waals surface area contributed by atoms with Gasteiger partial charge in [0.1, 0.15) is 0 Å². The van der Waals surface area contributed by atoms with Crippen molar-refractivity contribution in [1.82, 2.24) is 0 Å². The van der Waals surface area contributed by atoms with E-state index in [0.29, 0.717) is 0 Å². The summed E-state index contributed by atoms with van der Waals surface area (Å²) in [6.07, 6.45) is 2.11. The summed E-state index contributed by atoms with van der Waals surface area (Å²) in [6, 6.07) is 0. The van der Waals surface area contributed by atoms with Crippen molar-refractivity contribution in [3.05, 3.63) is 23.7 Å². The van der Waals surface area contributed by atoms with Gasteiger partial charge in [0.05, 0.1) is 0 Å². The van der Waals surface area contributed by atoms with E-state index >= 15 is 0 Å². The van der Waals surface area contributed by atoms with Gasteiger partial charge >= 0.3 is 21.1 Å². The molecule has 100 valence electrons. The molecule has 17 heavy (non-hydrogen) atoms. The molecular formula is C10H18MoO6. The Balaban J connectivity index is -0.0000000480. The van der Waals surface area contributed by atoms with Crippen LogP contribution in [0.4, 0.5) is 0 Å². The third-order valence-corrected chi connectivity index (χ3v) is 0.813. The summed E-state index contributed by atoms with van der Waals surface area (Å²) in [5.74, 6) is -0.750. The Bertz CT molecular complexity index is 234. The molecule has 0 bridgehead atoms. The largest absolute Gasteiger partial charge is 2.00 e. The number of rotatable bonds is 2. The minimum absolute atomic E-state index is 0. The molecule has 4 N–H and O–H groups in total. The van der Waals surface area contributed by atoms with Gasteiger partial charge in [0.2, 0.25) is 0 Å².